The lowest BCUT2D eigenvalue weighted by molar-refractivity contribution is -0.149. The first-order chi connectivity index (χ1) is 14.1. The van der Waals surface area contributed by atoms with Crippen LogP contribution in [0.15, 0.2) is 72.8 Å². The molecule has 0 atom stereocenters. The molecule has 1 aliphatic rings. The summed E-state index contributed by atoms with van der Waals surface area (Å²) in [6.07, 6.45) is 0. The molecule has 0 aromatic heterocycles. The Labute approximate surface area is 169 Å². The molecule has 0 unspecified atom stereocenters. The first-order valence-corrected chi connectivity index (χ1v) is 9.46. The van der Waals surface area contributed by atoms with E-state index >= 15 is 0 Å². The third-order valence-electron chi connectivity index (χ3n) is 4.87. The third-order valence-corrected chi connectivity index (χ3v) is 4.87. The fourth-order valence-electron chi connectivity index (χ4n) is 3.34. The summed E-state index contributed by atoms with van der Waals surface area (Å²) < 4.78 is 11.3. The summed E-state index contributed by atoms with van der Waals surface area (Å²) in [4.78, 5) is 25.0. The number of carbonyl (C=O) groups excluding carboxylic acids is 2. The quantitative estimate of drug-likeness (QED) is 0.670. The molecule has 3 aromatic carbocycles. The largest absolute Gasteiger partial charge is 0.457 e. The lowest BCUT2D eigenvalue weighted by Gasteiger charge is -2.26. The van der Waals surface area contributed by atoms with Crippen molar-refractivity contribution in [2.75, 3.05) is 6.61 Å². The van der Waals surface area contributed by atoms with Gasteiger partial charge in [0.05, 0.1) is 0 Å². The van der Waals surface area contributed by atoms with E-state index in [1.807, 2.05) is 79.7 Å². The van der Waals surface area contributed by atoms with Crippen LogP contribution in [0.2, 0.25) is 0 Å². The van der Waals surface area contributed by atoms with Crippen molar-refractivity contribution < 1.29 is 19.1 Å². The number of benzene rings is 3. The molecule has 0 saturated heterocycles. The summed E-state index contributed by atoms with van der Waals surface area (Å²) in [5.41, 5.74) is 3.61. The van der Waals surface area contributed by atoms with E-state index in [0.717, 1.165) is 22.3 Å². The average Bonchev–Trinajstić information content (AvgIpc) is 2.75. The summed E-state index contributed by atoms with van der Waals surface area (Å²) in [7, 11) is 0. The number of amides is 1. The van der Waals surface area contributed by atoms with Crippen LogP contribution in [-0.4, -0.2) is 18.5 Å². The minimum atomic E-state index is -0.624. The predicted molar refractivity (Wildman–Crippen MR) is 109 cm³/mol. The predicted octanol–water partition coefficient (Wildman–Crippen LogP) is 4.09. The maximum atomic E-state index is 12.9. The smallest absolute Gasteiger partial charge is 0.318 e. The van der Waals surface area contributed by atoms with Gasteiger partial charge in [0.2, 0.25) is 0 Å². The van der Waals surface area contributed by atoms with E-state index in [9.17, 15) is 9.59 Å². The van der Waals surface area contributed by atoms with Crippen molar-refractivity contribution in [1.29, 1.82) is 0 Å². The molecular weight excluding hydrogens is 366 g/mol. The van der Waals surface area contributed by atoms with E-state index < -0.39 is 11.9 Å². The Morgan fingerprint density at radius 3 is 2.10 bits per heavy atom. The van der Waals surface area contributed by atoms with Gasteiger partial charge in [0.25, 0.3) is 5.91 Å². The molecule has 0 fully saturated rings. The molecule has 0 saturated carbocycles. The van der Waals surface area contributed by atoms with Crippen molar-refractivity contribution in [3.63, 3.8) is 0 Å². The van der Waals surface area contributed by atoms with Gasteiger partial charge in [-0.15, -0.1) is 0 Å². The van der Waals surface area contributed by atoms with Crippen molar-refractivity contribution in [2.45, 2.75) is 19.4 Å². The van der Waals surface area contributed by atoms with Gasteiger partial charge in [-0.25, -0.2) is 0 Å². The molecule has 0 aliphatic carbocycles. The Balaban J connectivity index is 1.42. The Kier molecular flexibility index (Phi) is 5.29. The molecule has 0 spiro atoms. The monoisotopic (exact) mass is 387 g/mol. The molecule has 1 heterocycles. The molecule has 0 bridgehead atoms. The van der Waals surface area contributed by atoms with Crippen LogP contribution in [0.1, 0.15) is 28.2 Å². The van der Waals surface area contributed by atoms with E-state index in [-0.39, 0.29) is 12.5 Å². The van der Waals surface area contributed by atoms with Crippen molar-refractivity contribution in [2.24, 2.45) is 0 Å². The number of para-hydroxylation sites is 2. The number of carbonyl (C=O) groups is 2. The summed E-state index contributed by atoms with van der Waals surface area (Å²) in [5.74, 6) is -0.193. The van der Waals surface area contributed by atoms with Crippen LogP contribution in [0, 0.1) is 6.92 Å². The molecule has 1 amide bonds. The minimum Gasteiger partial charge on any atom is -0.457 e. The second-order valence-corrected chi connectivity index (χ2v) is 6.98. The Bertz CT molecular complexity index is 997. The molecule has 29 heavy (non-hydrogen) atoms. The standard InChI is InChI=1S/C24H21NO4/c1-16-10-12-17(13-11-16)14-25-22(26)15-28-24(27)23-18-6-2-4-8-20(18)29-21-9-5-3-7-19(21)23/h2-13,23H,14-15H2,1H3,(H,25,26). The van der Waals surface area contributed by atoms with Crippen LogP contribution < -0.4 is 10.1 Å². The second-order valence-electron chi connectivity index (χ2n) is 6.98. The zero-order valence-electron chi connectivity index (χ0n) is 16.1. The highest BCUT2D eigenvalue weighted by Crippen LogP contribution is 2.44. The molecular formula is C24H21NO4. The van der Waals surface area contributed by atoms with Gasteiger partial charge in [0, 0.05) is 17.7 Å². The fraction of sp³-hybridized carbons (Fsp3) is 0.167. The Hall–Kier alpha value is -3.60. The maximum absolute atomic E-state index is 12.9. The van der Waals surface area contributed by atoms with Gasteiger partial charge >= 0.3 is 5.97 Å². The number of ether oxygens (including phenoxy) is 2. The Morgan fingerprint density at radius 2 is 1.48 bits per heavy atom. The van der Waals surface area contributed by atoms with Crippen LogP contribution in [0.25, 0.3) is 0 Å². The summed E-state index contributed by atoms with van der Waals surface area (Å²) >= 11 is 0. The number of nitrogens with one attached hydrogen (secondary N) is 1. The van der Waals surface area contributed by atoms with Gasteiger partial charge in [-0.05, 0) is 24.6 Å². The Morgan fingerprint density at radius 1 is 0.897 bits per heavy atom. The van der Waals surface area contributed by atoms with Gasteiger partial charge in [-0.3, -0.25) is 9.59 Å². The van der Waals surface area contributed by atoms with Gasteiger partial charge in [0.1, 0.15) is 17.4 Å². The van der Waals surface area contributed by atoms with E-state index in [2.05, 4.69) is 5.32 Å². The lowest BCUT2D eigenvalue weighted by Crippen LogP contribution is -2.30. The van der Waals surface area contributed by atoms with Gasteiger partial charge in [-0.1, -0.05) is 66.2 Å². The van der Waals surface area contributed by atoms with E-state index in [4.69, 9.17) is 9.47 Å². The molecule has 1 aliphatic heterocycles. The number of esters is 1. The topological polar surface area (TPSA) is 64.6 Å². The highest BCUT2D eigenvalue weighted by molar-refractivity contribution is 5.87. The van der Waals surface area contributed by atoms with Crippen LogP contribution in [-0.2, 0) is 20.9 Å². The van der Waals surface area contributed by atoms with Crippen LogP contribution in [0.3, 0.4) is 0 Å². The first-order valence-electron chi connectivity index (χ1n) is 9.46. The summed E-state index contributed by atoms with van der Waals surface area (Å²) in [5, 5.41) is 2.77. The van der Waals surface area contributed by atoms with Crippen LogP contribution in [0.4, 0.5) is 0 Å². The number of fused-ring (bicyclic) bond motifs is 2. The van der Waals surface area contributed by atoms with Gasteiger partial charge in [0.15, 0.2) is 6.61 Å². The van der Waals surface area contributed by atoms with E-state index in [1.165, 1.54) is 0 Å². The number of rotatable bonds is 5. The lowest BCUT2D eigenvalue weighted by atomic mass is 9.88. The van der Waals surface area contributed by atoms with Crippen molar-refractivity contribution in [3.8, 4) is 11.5 Å². The van der Waals surface area contributed by atoms with Crippen LogP contribution >= 0.6 is 0 Å². The molecule has 1 N–H and O–H groups in total. The molecule has 146 valence electrons. The summed E-state index contributed by atoms with van der Waals surface area (Å²) in [6.45, 7) is 2.07. The molecule has 4 rings (SSSR count). The SMILES string of the molecule is Cc1ccc(CNC(=O)COC(=O)C2c3ccccc3Oc3ccccc32)cc1. The molecule has 3 aromatic rings. The normalized spacial score (nSPS) is 12.3. The molecule has 5 nitrogen and oxygen atoms in total. The second kappa shape index (κ2) is 8.19. The summed E-state index contributed by atoms with van der Waals surface area (Å²) in [6, 6.07) is 22.6. The van der Waals surface area contributed by atoms with Crippen LogP contribution in [0.5, 0.6) is 11.5 Å². The van der Waals surface area contributed by atoms with Crippen molar-refractivity contribution >= 4 is 11.9 Å². The average molecular weight is 387 g/mol. The van der Waals surface area contributed by atoms with E-state index in [1.54, 1.807) is 0 Å². The highest BCUT2D eigenvalue weighted by atomic mass is 16.5. The van der Waals surface area contributed by atoms with Crippen molar-refractivity contribution in [3.05, 3.63) is 95.1 Å². The first kappa shape index (κ1) is 18.7. The minimum absolute atomic E-state index is 0.327. The number of hydrogen-bond acceptors (Lipinski definition) is 4. The number of hydrogen-bond donors (Lipinski definition) is 1. The number of aryl methyl sites for hydroxylation is 1. The van der Waals surface area contributed by atoms with E-state index in [0.29, 0.717) is 18.0 Å². The molecule has 0 radical (unpaired) electrons. The third kappa shape index (κ3) is 4.14. The van der Waals surface area contributed by atoms with Crippen molar-refractivity contribution in [1.82, 2.24) is 5.32 Å². The van der Waals surface area contributed by atoms with Gasteiger partial charge < -0.3 is 14.8 Å². The zero-order valence-corrected chi connectivity index (χ0v) is 16.1. The maximum Gasteiger partial charge on any atom is 0.318 e. The van der Waals surface area contributed by atoms with Gasteiger partial charge in [-0.2, -0.15) is 0 Å². The molecule has 5 heteroatoms. The fourth-order valence-corrected chi connectivity index (χ4v) is 3.34. The zero-order chi connectivity index (χ0) is 20.2. The highest BCUT2D eigenvalue weighted by Gasteiger charge is 2.33.